The lowest BCUT2D eigenvalue weighted by Crippen LogP contribution is -2.29. The number of hydrogen-bond acceptors (Lipinski definition) is 5. The van der Waals surface area contributed by atoms with Crippen LogP contribution in [0.15, 0.2) is 60.3 Å². The monoisotopic (exact) mass is 390 g/mol. The van der Waals surface area contributed by atoms with Crippen molar-refractivity contribution in [1.29, 1.82) is 5.26 Å². The Morgan fingerprint density at radius 2 is 1.72 bits per heavy atom. The second-order valence-electron chi connectivity index (χ2n) is 6.82. The molecule has 0 aliphatic carbocycles. The van der Waals surface area contributed by atoms with Crippen molar-refractivity contribution >= 4 is 23.0 Å². The van der Waals surface area contributed by atoms with E-state index >= 15 is 0 Å². The fourth-order valence-corrected chi connectivity index (χ4v) is 3.22. The number of rotatable bonds is 7. The molecular weight excluding hydrogens is 364 g/mol. The Hall–Kier alpha value is -3.46. The summed E-state index contributed by atoms with van der Waals surface area (Å²) in [5.74, 6) is 0.269. The molecule has 1 heterocycles. The van der Waals surface area contributed by atoms with Crippen LogP contribution >= 0.6 is 0 Å². The molecule has 0 radical (unpaired) electrons. The Kier molecular flexibility index (Phi) is 7.12. The van der Waals surface area contributed by atoms with Gasteiger partial charge in [-0.25, -0.2) is 0 Å². The van der Waals surface area contributed by atoms with Gasteiger partial charge in [-0.1, -0.05) is 0 Å². The molecule has 0 atom stereocenters. The summed E-state index contributed by atoms with van der Waals surface area (Å²) in [7, 11) is 0. The van der Waals surface area contributed by atoms with E-state index in [9.17, 15) is 10.1 Å². The summed E-state index contributed by atoms with van der Waals surface area (Å²) in [6.45, 7) is 4.68. The van der Waals surface area contributed by atoms with E-state index in [2.05, 4.69) is 27.7 Å². The average molecular weight is 390 g/mol. The number of amides is 1. The fourth-order valence-electron chi connectivity index (χ4n) is 3.22. The highest BCUT2D eigenvalue weighted by molar-refractivity contribution is 6.06. The molecule has 2 N–H and O–H groups in total. The Bertz CT molecular complexity index is 877. The highest BCUT2D eigenvalue weighted by atomic mass is 16.5. The van der Waals surface area contributed by atoms with Crippen molar-refractivity contribution in [2.24, 2.45) is 0 Å². The van der Waals surface area contributed by atoms with E-state index in [1.165, 1.54) is 31.1 Å². The summed E-state index contributed by atoms with van der Waals surface area (Å²) in [6, 6.07) is 17.0. The molecule has 29 heavy (non-hydrogen) atoms. The van der Waals surface area contributed by atoms with Crippen LogP contribution in [0.2, 0.25) is 0 Å². The van der Waals surface area contributed by atoms with E-state index in [0.29, 0.717) is 12.3 Å². The normalized spacial score (nSPS) is 14.1. The van der Waals surface area contributed by atoms with Crippen LogP contribution in [0.25, 0.3) is 0 Å². The lowest BCUT2D eigenvalue weighted by Gasteiger charge is -2.28. The lowest BCUT2D eigenvalue weighted by molar-refractivity contribution is -0.112. The zero-order valence-corrected chi connectivity index (χ0v) is 16.6. The summed E-state index contributed by atoms with van der Waals surface area (Å²) >= 11 is 0. The molecule has 1 amide bonds. The van der Waals surface area contributed by atoms with Gasteiger partial charge in [0.2, 0.25) is 0 Å². The van der Waals surface area contributed by atoms with E-state index in [1.54, 1.807) is 24.3 Å². The number of anilines is 3. The Balaban J connectivity index is 1.58. The maximum absolute atomic E-state index is 12.4. The topological polar surface area (TPSA) is 77.4 Å². The molecule has 0 unspecified atom stereocenters. The van der Waals surface area contributed by atoms with Crippen LogP contribution in [0, 0.1) is 11.3 Å². The number of nitriles is 1. The molecular formula is C23H26N4O2. The summed E-state index contributed by atoms with van der Waals surface area (Å²) in [5.41, 5.74) is 2.63. The number of benzene rings is 2. The lowest BCUT2D eigenvalue weighted by atomic mass is 10.1. The number of nitrogens with zero attached hydrogens (tertiary/aromatic N) is 2. The third-order valence-corrected chi connectivity index (χ3v) is 4.76. The minimum absolute atomic E-state index is 0.000934. The van der Waals surface area contributed by atoms with Crippen LogP contribution < -0.4 is 20.3 Å². The molecule has 6 heteroatoms. The number of ether oxygens (including phenoxy) is 1. The number of hydrogen-bond donors (Lipinski definition) is 2. The minimum atomic E-state index is -0.464. The molecule has 1 aliphatic heterocycles. The van der Waals surface area contributed by atoms with Gasteiger partial charge in [0.1, 0.15) is 17.4 Å². The van der Waals surface area contributed by atoms with Crippen molar-refractivity contribution in [3.8, 4) is 11.8 Å². The third-order valence-electron chi connectivity index (χ3n) is 4.76. The molecule has 0 aromatic heterocycles. The van der Waals surface area contributed by atoms with Crippen molar-refractivity contribution < 1.29 is 9.53 Å². The van der Waals surface area contributed by atoms with Crippen molar-refractivity contribution in [3.63, 3.8) is 0 Å². The molecule has 1 aliphatic rings. The van der Waals surface area contributed by atoms with Crippen LogP contribution in [0.3, 0.4) is 0 Å². The summed E-state index contributed by atoms with van der Waals surface area (Å²) in [6.07, 6.45) is 5.20. The van der Waals surface area contributed by atoms with Gasteiger partial charge in [0.05, 0.1) is 6.61 Å². The van der Waals surface area contributed by atoms with Crippen LogP contribution in [-0.4, -0.2) is 25.6 Å². The summed E-state index contributed by atoms with van der Waals surface area (Å²) in [4.78, 5) is 14.7. The molecule has 1 saturated heterocycles. The van der Waals surface area contributed by atoms with Crippen LogP contribution in [0.1, 0.15) is 26.2 Å². The van der Waals surface area contributed by atoms with Crippen molar-refractivity contribution in [2.75, 3.05) is 35.2 Å². The number of nitrogens with one attached hydrogen (secondary N) is 2. The molecule has 150 valence electrons. The first-order chi connectivity index (χ1) is 14.2. The highest BCUT2D eigenvalue weighted by Crippen LogP contribution is 2.22. The summed E-state index contributed by atoms with van der Waals surface area (Å²) < 4.78 is 5.38. The zero-order valence-electron chi connectivity index (χ0n) is 16.6. The molecule has 2 aromatic carbocycles. The maximum atomic E-state index is 12.4. The van der Waals surface area contributed by atoms with Gasteiger partial charge in [-0.3, -0.25) is 4.79 Å². The molecule has 0 bridgehead atoms. The second-order valence-corrected chi connectivity index (χ2v) is 6.82. The molecule has 6 nitrogen and oxygen atoms in total. The number of carbonyl (C=O) groups is 1. The molecule has 0 spiro atoms. The second kappa shape index (κ2) is 10.2. The van der Waals surface area contributed by atoms with Gasteiger partial charge < -0.3 is 20.3 Å². The first-order valence-corrected chi connectivity index (χ1v) is 9.95. The molecule has 0 saturated carbocycles. The SMILES string of the molecule is CCOc1ccc(NC(=O)/C(C#N)=C\Nc2ccc(N3CCCCC3)cc2)cc1. The van der Waals surface area contributed by atoms with Gasteiger partial charge in [0.25, 0.3) is 5.91 Å². The van der Waals surface area contributed by atoms with E-state index in [-0.39, 0.29) is 5.57 Å². The first kappa shape index (κ1) is 20.3. The molecule has 3 rings (SSSR count). The van der Waals surface area contributed by atoms with E-state index in [1.807, 2.05) is 25.1 Å². The van der Waals surface area contributed by atoms with Crippen LogP contribution in [0.5, 0.6) is 5.75 Å². The van der Waals surface area contributed by atoms with Gasteiger partial charge >= 0.3 is 0 Å². The Morgan fingerprint density at radius 3 is 2.34 bits per heavy atom. The van der Waals surface area contributed by atoms with Gasteiger partial charge in [-0.05, 0) is 74.7 Å². The zero-order chi connectivity index (χ0) is 20.5. The van der Waals surface area contributed by atoms with Gasteiger partial charge in [-0.15, -0.1) is 0 Å². The Labute approximate surface area is 171 Å². The van der Waals surface area contributed by atoms with Crippen LogP contribution in [-0.2, 0) is 4.79 Å². The van der Waals surface area contributed by atoms with Gasteiger partial charge in [0.15, 0.2) is 0 Å². The first-order valence-electron chi connectivity index (χ1n) is 9.95. The fraction of sp³-hybridized carbons (Fsp3) is 0.304. The highest BCUT2D eigenvalue weighted by Gasteiger charge is 2.11. The molecule has 1 fully saturated rings. The largest absolute Gasteiger partial charge is 0.494 e. The third kappa shape index (κ3) is 5.76. The number of piperidine rings is 1. The van der Waals surface area contributed by atoms with Crippen molar-refractivity contribution in [3.05, 3.63) is 60.3 Å². The molecule has 2 aromatic rings. The van der Waals surface area contributed by atoms with E-state index in [4.69, 9.17) is 4.74 Å². The predicted octanol–water partition coefficient (Wildman–Crippen LogP) is 4.53. The maximum Gasteiger partial charge on any atom is 0.267 e. The standard InChI is InChI=1S/C23H26N4O2/c1-2-29-22-12-8-20(9-13-22)26-23(28)18(16-24)17-25-19-6-10-21(11-7-19)27-14-4-3-5-15-27/h6-13,17,25H,2-5,14-15H2,1H3,(H,26,28)/b18-17-. The average Bonchev–Trinajstić information content (AvgIpc) is 2.77. The van der Waals surface area contributed by atoms with Crippen molar-refractivity contribution in [2.45, 2.75) is 26.2 Å². The van der Waals surface area contributed by atoms with Gasteiger partial charge in [-0.2, -0.15) is 5.26 Å². The number of carbonyl (C=O) groups excluding carboxylic acids is 1. The minimum Gasteiger partial charge on any atom is -0.494 e. The summed E-state index contributed by atoms with van der Waals surface area (Å²) in [5, 5.41) is 15.1. The van der Waals surface area contributed by atoms with Crippen molar-refractivity contribution in [1.82, 2.24) is 0 Å². The predicted molar refractivity (Wildman–Crippen MR) is 116 cm³/mol. The smallest absolute Gasteiger partial charge is 0.267 e. The quantitative estimate of drug-likeness (QED) is 0.536. The van der Waals surface area contributed by atoms with E-state index in [0.717, 1.165) is 24.5 Å². The van der Waals surface area contributed by atoms with E-state index < -0.39 is 5.91 Å². The van der Waals surface area contributed by atoms with Crippen LogP contribution in [0.4, 0.5) is 17.1 Å². The Morgan fingerprint density at radius 1 is 1.07 bits per heavy atom. The van der Waals surface area contributed by atoms with Gasteiger partial charge in [0, 0.05) is 36.4 Å².